The molecule has 0 aliphatic heterocycles. The minimum absolute atomic E-state index is 0.0153. The number of amides is 1. The van der Waals surface area contributed by atoms with Crippen molar-refractivity contribution in [1.82, 2.24) is 4.98 Å². The van der Waals surface area contributed by atoms with Gasteiger partial charge in [0, 0.05) is 12.1 Å². The lowest BCUT2D eigenvalue weighted by atomic mass is 9.98. The highest BCUT2D eigenvalue weighted by atomic mass is 35.5. The monoisotopic (exact) mass is 394 g/mol. The number of aromatic nitrogens is 1. The Morgan fingerprint density at radius 1 is 1.07 bits per heavy atom. The largest absolute Gasteiger partial charge is 0.478 e. The molecule has 1 aliphatic carbocycles. The third kappa shape index (κ3) is 3.30. The average molecular weight is 395 g/mol. The van der Waals surface area contributed by atoms with Crippen molar-refractivity contribution in [2.75, 3.05) is 11.9 Å². The normalized spacial score (nSPS) is 12.2. The van der Waals surface area contributed by atoms with E-state index in [1.165, 1.54) is 6.07 Å². The van der Waals surface area contributed by atoms with Crippen molar-refractivity contribution in [2.24, 2.45) is 0 Å². The second-order valence-electron chi connectivity index (χ2n) is 6.32. The molecule has 0 radical (unpaired) electrons. The van der Waals surface area contributed by atoms with Gasteiger partial charge in [0.15, 0.2) is 5.15 Å². The summed E-state index contributed by atoms with van der Waals surface area (Å²) in [6, 6.07) is 17.3. The van der Waals surface area contributed by atoms with Gasteiger partial charge in [-0.05, 0) is 28.3 Å². The van der Waals surface area contributed by atoms with Crippen LogP contribution in [0.15, 0.2) is 60.8 Å². The second-order valence-corrected chi connectivity index (χ2v) is 6.68. The molecule has 1 heterocycles. The SMILES string of the molecule is O=C(Nc1cc(C(=O)O)cnc1Cl)OCC1c2ccccc2-c2ccccc21. The van der Waals surface area contributed by atoms with Crippen LogP contribution in [0.3, 0.4) is 0 Å². The fourth-order valence-electron chi connectivity index (χ4n) is 3.40. The Balaban J connectivity index is 1.50. The molecule has 1 aromatic heterocycles. The molecule has 0 fully saturated rings. The highest BCUT2D eigenvalue weighted by molar-refractivity contribution is 6.32. The maximum absolute atomic E-state index is 12.3. The van der Waals surface area contributed by atoms with Gasteiger partial charge in [0.05, 0.1) is 11.3 Å². The zero-order chi connectivity index (χ0) is 19.7. The van der Waals surface area contributed by atoms with Crippen LogP contribution in [0.4, 0.5) is 10.5 Å². The number of anilines is 1. The van der Waals surface area contributed by atoms with Gasteiger partial charge in [0.1, 0.15) is 6.61 Å². The van der Waals surface area contributed by atoms with Crippen molar-refractivity contribution >= 4 is 29.4 Å². The molecule has 6 nitrogen and oxygen atoms in total. The molecular formula is C21H15ClN2O4. The quantitative estimate of drug-likeness (QED) is 0.621. The molecule has 0 saturated carbocycles. The summed E-state index contributed by atoms with van der Waals surface area (Å²) in [5.41, 5.74) is 4.47. The lowest BCUT2D eigenvalue weighted by Crippen LogP contribution is -2.18. The number of pyridine rings is 1. The van der Waals surface area contributed by atoms with Gasteiger partial charge in [0.25, 0.3) is 0 Å². The lowest BCUT2D eigenvalue weighted by molar-refractivity contribution is 0.0696. The number of rotatable bonds is 4. The number of carboxylic acids is 1. The predicted molar refractivity (Wildman–Crippen MR) is 105 cm³/mol. The Kier molecular flexibility index (Phi) is 4.71. The zero-order valence-electron chi connectivity index (χ0n) is 14.6. The number of ether oxygens (including phenoxy) is 1. The summed E-state index contributed by atoms with van der Waals surface area (Å²) >= 11 is 5.93. The van der Waals surface area contributed by atoms with Gasteiger partial charge in [-0.15, -0.1) is 0 Å². The van der Waals surface area contributed by atoms with Crippen LogP contribution in [0.1, 0.15) is 27.4 Å². The lowest BCUT2D eigenvalue weighted by Gasteiger charge is -2.15. The van der Waals surface area contributed by atoms with Crippen LogP contribution in [0.2, 0.25) is 5.15 Å². The van der Waals surface area contributed by atoms with E-state index in [9.17, 15) is 9.59 Å². The number of hydrogen-bond donors (Lipinski definition) is 2. The maximum Gasteiger partial charge on any atom is 0.411 e. The van der Waals surface area contributed by atoms with Gasteiger partial charge in [0.2, 0.25) is 0 Å². The number of nitrogens with zero attached hydrogens (tertiary/aromatic N) is 1. The number of nitrogens with one attached hydrogen (secondary N) is 1. The van der Waals surface area contributed by atoms with Crippen molar-refractivity contribution in [1.29, 1.82) is 0 Å². The Hall–Kier alpha value is -3.38. The fourth-order valence-corrected chi connectivity index (χ4v) is 3.55. The molecule has 0 saturated heterocycles. The number of hydrogen-bond acceptors (Lipinski definition) is 4. The van der Waals surface area contributed by atoms with Crippen molar-refractivity contribution in [3.8, 4) is 11.1 Å². The van der Waals surface area contributed by atoms with E-state index in [4.69, 9.17) is 21.4 Å². The molecule has 3 aromatic rings. The number of benzene rings is 2. The number of carboxylic acid groups (broad SMARTS) is 1. The molecule has 140 valence electrons. The van der Waals surface area contributed by atoms with Crippen LogP contribution < -0.4 is 5.32 Å². The zero-order valence-corrected chi connectivity index (χ0v) is 15.3. The molecule has 1 aliphatic rings. The molecule has 1 amide bonds. The first-order chi connectivity index (χ1) is 13.5. The van der Waals surface area contributed by atoms with E-state index in [0.29, 0.717) is 0 Å². The van der Waals surface area contributed by atoms with Crippen LogP contribution in [-0.2, 0) is 4.74 Å². The van der Waals surface area contributed by atoms with E-state index >= 15 is 0 Å². The Labute approximate surface area is 165 Å². The summed E-state index contributed by atoms with van der Waals surface area (Å²) < 4.78 is 5.42. The van der Waals surface area contributed by atoms with Gasteiger partial charge >= 0.3 is 12.1 Å². The molecule has 4 rings (SSSR count). The number of halogens is 1. The van der Waals surface area contributed by atoms with Gasteiger partial charge in [-0.25, -0.2) is 14.6 Å². The molecule has 2 aromatic carbocycles. The summed E-state index contributed by atoms with van der Waals surface area (Å²) in [6.07, 6.45) is 0.390. The van der Waals surface area contributed by atoms with E-state index in [1.807, 2.05) is 36.4 Å². The first-order valence-electron chi connectivity index (χ1n) is 8.55. The second kappa shape index (κ2) is 7.32. The number of carbonyl (C=O) groups excluding carboxylic acids is 1. The Morgan fingerprint density at radius 3 is 2.29 bits per heavy atom. The van der Waals surface area contributed by atoms with Crippen LogP contribution in [-0.4, -0.2) is 28.8 Å². The minimum Gasteiger partial charge on any atom is -0.478 e. The third-order valence-electron chi connectivity index (χ3n) is 4.67. The summed E-state index contributed by atoms with van der Waals surface area (Å²) in [6.45, 7) is 0.142. The molecular weight excluding hydrogens is 380 g/mol. The van der Waals surface area contributed by atoms with Gasteiger partial charge in [-0.1, -0.05) is 60.1 Å². The molecule has 7 heteroatoms. The van der Waals surface area contributed by atoms with Crippen LogP contribution in [0, 0.1) is 0 Å². The van der Waals surface area contributed by atoms with E-state index in [0.717, 1.165) is 28.5 Å². The number of aromatic carboxylic acids is 1. The minimum atomic E-state index is -1.17. The third-order valence-corrected chi connectivity index (χ3v) is 4.97. The average Bonchev–Trinajstić information content (AvgIpc) is 3.02. The van der Waals surface area contributed by atoms with E-state index < -0.39 is 12.1 Å². The van der Waals surface area contributed by atoms with Gasteiger partial charge in [-0.3, -0.25) is 5.32 Å². The van der Waals surface area contributed by atoms with E-state index in [2.05, 4.69) is 22.4 Å². The van der Waals surface area contributed by atoms with Crippen LogP contribution >= 0.6 is 11.6 Å². The van der Waals surface area contributed by atoms with Gasteiger partial charge in [-0.2, -0.15) is 0 Å². The number of fused-ring (bicyclic) bond motifs is 3. The first-order valence-corrected chi connectivity index (χ1v) is 8.93. The molecule has 28 heavy (non-hydrogen) atoms. The molecule has 0 bridgehead atoms. The predicted octanol–water partition coefficient (Wildman–Crippen LogP) is 4.79. The standard InChI is InChI=1S/C21H15ClN2O4/c22-19-18(9-12(10-23-19)20(25)26)24-21(27)28-11-17-15-7-3-1-5-13(15)14-6-2-4-8-16(14)17/h1-10,17H,11H2,(H,24,27)(H,25,26). The highest BCUT2D eigenvalue weighted by Gasteiger charge is 2.29. The molecule has 0 atom stereocenters. The van der Waals surface area contributed by atoms with Crippen LogP contribution in [0.25, 0.3) is 11.1 Å². The topological polar surface area (TPSA) is 88.5 Å². The Bertz CT molecular complexity index is 1040. The maximum atomic E-state index is 12.3. The van der Waals surface area contributed by atoms with Crippen molar-refractivity contribution in [3.63, 3.8) is 0 Å². The van der Waals surface area contributed by atoms with E-state index in [1.54, 1.807) is 0 Å². The molecule has 0 spiro atoms. The number of carbonyl (C=O) groups is 2. The van der Waals surface area contributed by atoms with Crippen molar-refractivity contribution in [2.45, 2.75) is 5.92 Å². The molecule has 2 N–H and O–H groups in total. The van der Waals surface area contributed by atoms with Crippen molar-refractivity contribution in [3.05, 3.63) is 82.6 Å². The molecule has 0 unspecified atom stereocenters. The van der Waals surface area contributed by atoms with Crippen molar-refractivity contribution < 1.29 is 19.4 Å². The Morgan fingerprint density at radius 2 is 1.68 bits per heavy atom. The summed E-state index contributed by atoms with van der Waals surface area (Å²) in [4.78, 5) is 27.1. The fraction of sp³-hybridized carbons (Fsp3) is 0.0952. The highest BCUT2D eigenvalue weighted by Crippen LogP contribution is 2.44. The van der Waals surface area contributed by atoms with E-state index in [-0.39, 0.29) is 28.9 Å². The summed E-state index contributed by atoms with van der Waals surface area (Å²) in [7, 11) is 0. The van der Waals surface area contributed by atoms with Crippen LogP contribution in [0.5, 0.6) is 0 Å². The summed E-state index contributed by atoms with van der Waals surface area (Å²) in [5.74, 6) is -1.24. The van der Waals surface area contributed by atoms with Gasteiger partial charge < -0.3 is 9.84 Å². The summed E-state index contributed by atoms with van der Waals surface area (Å²) in [5, 5.41) is 11.5. The smallest absolute Gasteiger partial charge is 0.411 e. The first kappa shape index (κ1) is 18.0.